The minimum Gasteiger partial charge on any atom is -0.402 e. The Morgan fingerprint density at radius 1 is 1.43 bits per heavy atom. The van der Waals surface area contributed by atoms with Crippen molar-refractivity contribution in [3.8, 4) is 0 Å². The first kappa shape index (κ1) is 17.0. The van der Waals surface area contributed by atoms with Gasteiger partial charge in [0.15, 0.2) is 0 Å². The Labute approximate surface area is 125 Å². The molecule has 1 saturated heterocycles. The SMILES string of the molecule is C/C(N)=C/N(N)C1CCN(C(=O)C(=N)/C=C(\N)C(C)C)C1. The first-order valence-corrected chi connectivity index (χ1v) is 7.04. The van der Waals surface area contributed by atoms with Crippen LogP contribution in [0.4, 0.5) is 0 Å². The maximum atomic E-state index is 12.2. The molecule has 1 heterocycles. The Balaban J connectivity index is 2.64. The van der Waals surface area contributed by atoms with Gasteiger partial charge in [0.05, 0.1) is 6.04 Å². The third-order valence-corrected chi connectivity index (χ3v) is 3.43. The molecule has 7 heteroatoms. The van der Waals surface area contributed by atoms with Gasteiger partial charge in [0.25, 0.3) is 5.91 Å². The number of carbonyl (C=O) groups is 1. The second-order valence-corrected chi connectivity index (χ2v) is 5.73. The molecular weight excluding hydrogens is 268 g/mol. The minimum absolute atomic E-state index is 0.0201. The molecule has 0 aromatic rings. The second kappa shape index (κ2) is 7.12. The number of nitrogens with two attached hydrogens (primary N) is 3. The summed E-state index contributed by atoms with van der Waals surface area (Å²) in [6, 6.07) is 0.0201. The van der Waals surface area contributed by atoms with E-state index in [0.29, 0.717) is 24.5 Å². The Bertz CT molecular complexity index is 464. The van der Waals surface area contributed by atoms with Gasteiger partial charge in [-0.1, -0.05) is 13.8 Å². The molecule has 0 radical (unpaired) electrons. The zero-order chi connectivity index (χ0) is 16.2. The van der Waals surface area contributed by atoms with Crippen molar-refractivity contribution in [2.24, 2.45) is 23.2 Å². The molecule has 21 heavy (non-hydrogen) atoms. The maximum absolute atomic E-state index is 12.2. The number of carbonyl (C=O) groups excluding carboxylic acids is 1. The van der Waals surface area contributed by atoms with Crippen LogP contribution >= 0.6 is 0 Å². The molecule has 1 fully saturated rings. The van der Waals surface area contributed by atoms with E-state index in [1.807, 2.05) is 13.8 Å². The first-order chi connectivity index (χ1) is 9.72. The molecule has 1 aliphatic rings. The third kappa shape index (κ3) is 4.78. The Morgan fingerprint density at radius 2 is 2.05 bits per heavy atom. The molecule has 0 aliphatic carbocycles. The van der Waals surface area contributed by atoms with Crippen molar-refractivity contribution in [1.29, 1.82) is 5.41 Å². The summed E-state index contributed by atoms with van der Waals surface area (Å²) < 4.78 is 0. The van der Waals surface area contributed by atoms with Crippen LogP contribution in [0.15, 0.2) is 23.7 Å². The van der Waals surface area contributed by atoms with E-state index < -0.39 is 0 Å². The summed E-state index contributed by atoms with van der Waals surface area (Å²) in [5, 5.41) is 9.38. The van der Waals surface area contributed by atoms with Gasteiger partial charge in [0.2, 0.25) is 0 Å². The molecule has 7 nitrogen and oxygen atoms in total. The molecule has 0 aromatic heterocycles. The third-order valence-electron chi connectivity index (χ3n) is 3.43. The summed E-state index contributed by atoms with van der Waals surface area (Å²) in [5.41, 5.74) is 12.4. The second-order valence-electron chi connectivity index (χ2n) is 5.73. The molecule has 1 amide bonds. The van der Waals surface area contributed by atoms with Crippen molar-refractivity contribution in [1.82, 2.24) is 9.91 Å². The van der Waals surface area contributed by atoms with Crippen LogP contribution in [0.5, 0.6) is 0 Å². The lowest BCUT2D eigenvalue weighted by molar-refractivity contribution is -0.123. The van der Waals surface area contributed by atoms with Gasteiger partial charge in [-0.3, -0.25) is 10.2 Å². The molecule has 0 bridgehead atoms. The predicted molar refractivity (Wildman–Crippen MR) is 83.8 cm³/mol. The average Bonchev–Trinajstić information content (AvgIpc) is 2.86. The average molecular weight is 294 g/mol. The summed E-state index contributed by atoms with van der Waals surface area (Å²) in [6.45, 7) is 6.66. The maximum Gasteiger partial charge on any atom is 0.271 e. The van der Waals surface area contributed by atoms with E-state index in [4.69, 9.17) is 22.7 Å². The van der Waals surface area contributed by atoms with Crippen LogP contribution in [0.25, 0.3) is 0 Å². The van der Waals surface area contributed by atoms with Crippen molar-refractivity contribution in [2.45, 2.75) is 33.2 Å². The lowest BCUT2D eigenvalue weighted by Gasteiger charge is -2.23. The fraction of sp³-hybridized carbons (Fsp3) is 0.571. The number of nitrogens with zero attached hydrogens (tertiary/aromatic N) is 2. The van der Waals surface area contributed by atoms with Crippen molar-refractivity contribution in [2.75, 3.05) is 13.1 Å². The number of hydrogen-bond acceptors (Lipinski definition) is 6. The number of allylic oxidation sites excluding steroid dienone is 2. The van der Waals surface area contributed by atoms with E-state index in [1.165, 1.54) is 11.1 Å². The minimum atomic E-state index is -0.317. The van der Waals surface area contributed by atoms with Crippen molar-refractivity contribution in [3.63, 3.8) is 0 Å². The van der Waals surface area contributed by atoms with Crippen molar-refractivity contribution < 1.29 is 4.79 Å². The normalized spacial score (nSPS) is 20.0. The Hall–Kier alpha value is -2.02. The van der Waals surface area contributed by atoms with Crippen LogP contribution in [0.3, 0.4) is 0 Å². The smallest absolute Gasteiger partial charge is 0.271 e. The molecule has 1 unspecified atom stereocenters. The van der Waals surface area contributed by atoms with Gasteiger partial charge in [-0.25, -0.2) is 5.84 Å². The monoisotopic (exact) mass is 294 g/mol. The van der Waals surface area contributed by atoms with Crippen LogP contribution in [0.1, 0.15) is 27.2 Å². The highest BCUT2D eigenvalue weighted by Gasteiger charge is 2.29. The van der Waals surface area contributed by atoms with Crippen LogP contribution < -0.4 is 17.3 Å². The number of hydrazine groups is 1. The van der Waals surface area contributed by atoms with E-state index in [-0.39, 0.29) is 23.6 Å². The molecule has 0 spiro atoms. The predicted octanol–water partition coefficient (Wildman–Crippen LogP) is 0.101. The largest absolute Gasteiger partial charge is 0.402 e. The van der Waals surface area contributed by atoms with Gasteiger partial charge in [-0.2, -0.15) is 0 Å². The van der Waals surface area contributed by atoms with E-state index in [0.717, 1.165) is 6.42 Å². The quantitative estimate of drug-likeness (QED) is 0.325. The fourth-order valence-electron chi connectivity index (χ4n) is 2.08. The Kier molecular flexibility index (Phi) is 5.78. The van der Waals surface area contributed by atoms with Gasteiger partial charge in [-0.05, 0) is 25.3 Å². The number of nitrogens with one attached hydrogen (secondary N) is 1. The molecule has 0 saturated carbocycles. The van der Waals surface area contributed by atoms with Gasteiger partial charge in [0.1, 0.15) is 5.71 Å². The van der Waals surface area contributed by atoms with Crippen LogP contribution in [0.2, 0.25) is 0 Å². The molecule has 1 atom stereocenters. The fourth-order valence-corrected chi connectivity index (χ4v) is 2.08. The molecule has 0 aromatic carbocycles. The topological polar surface area (TPSA) is 125 Å². The molecular formula is C14H26N6O. The summed E-state index contributed by atoms with van der Waals surface area (Å²) in [5.74, 6) is 5.69. The number of likely N-dealkylation sites (tertiary alicyclic amines) is 1. The molecule has 1 aliphatic heterocycles. The van der Waals surface area contributed by atoms with Gasteiger partial charge in [-0.15, -0.1) is 0 Å². The standard InChI is InChI=1S/C14H26N6O/c1-9(2)12(16)6-13(17)14(21)19-5-4-11(8-19)20(18)7-10(3)15/h6-7,9,11,17H,4-5,8,15-16,18H2,1-3H3/b10-7-,12-6-,17-13?. The number of rotatable bonds is 5. The van der Waals surface area contributed by atoms with Gasteiger partial charge < -0.3 is 21.4 Å². The van der Waals surface area contributed by atoms with Crippen molar-refractivity contribution in [3.05, 3.63) is 23.7 Å². The lowest BCUT2D eigenvalue weighted by atomic mass is 10.1. The first-order valence-electron chi connectivity index (χ1n) is 7.04. The number of hydrogen-bond donors (Lipinski definition) is 4. The summed E-state index contributed by atoms with van der Waals surface area (Å²) >= 11 is 0. The van der Waals surface area contributed by atoms with E-state index in [2.05, 4.69) is 0 Å². The van der Waals surface area contributed by atoms with Crippen LogP contribution in [-0.4, -0.2) is 40.7 Å². The summed E-state index contributed by atoms with van der Waals surface area (Å²) in [4.78, 5) is 13.8. The van der Waals surface area contributed by atoms with Crippen LogP contribution in [0, 0.1) is 11.3 Å². The molecule has 1 rings (SSSR count). The molecule has 7 N–H and O–H groups in total. The van der Waals surface area contributed by atoms with Gasteiger partial charge >= 0.3 is 0 Å². The van der Waals surface area contributed by atoms with Crippen LogP contribution in [-0.2, 0) is 4.79 Å². The highest BCUT2D eigenvalue weighted by Crippen LogP contribution is 2.15. The summed E-state index contributed by atoms with van der Waals surface area (Å²) in [7, 11) is 0. The van der Waals surface area contributed by atoms with E-state index >= 15 is 0 Å². The highest BCUT2D eigenvalue weighted by molar-refractivity contribution is 6.42. The Morgan fingerprint density at radius 3 is 2.57 bits per heavy atom. The summed E-state index contributed by atoms with van der Waals surface area (Å²) in [6.07, 6.45) is 3.84. The zero-order valence-electron chi connectivity index (χ0n) is 13.0. The zero-order valence-corrected chi connectivity index (χ0v) is 13.0. The lowest BCUT2D eigenvalue weighted by Crippen LogP contribution is -2.41. The molecule has 118 valence electrons. The van der Waals surface area contributed by atoms with Gasteiger partial charge in [0, 0.05) is 30.7 Å². The highest BCUT2D eigenvalue weighted by atomic mass is 16.2. The van der Waals surface area contributed by atoms with Crippen molar-refractivity contribution >= 4 is 11.6 Å². The van der Waals surface area contributed by atoms with E-state index in [9.17, 15) is 4.79 Å². The van der Waals surface area contributed by atoms with E-state index in [1.54, 1.807) is 18.0 Å². The number of amides is 1.